The van der Waals surface area contributed by atoms with Gasteiger partial charge in [-0.1, -0.05) is 112 Å². The minimum atomic E-state index is -2.91. The fraction of sp³-hybridized carbons (Fsp3) is 0.394. The van der Waals surface area contributed by atoms with E-state index in [-0.39, 0.29) is 24.0 Å². The van der Waals surface area contributed by atoms with Crippen molar-refractivity contribution in [2.45, 2.75) is 77.2 Å². The molecular weight excluding hydrogens is 532 g/mol. The second-order valence-corrected chi connectivity index (χ2v) is 16.8. The monoisotopic (exact) mass is 574 g/mol. The Hall–Kier alpha value is -3.46. The average Bonchev–Trinajstić information content (AvgIpc) is 3.28. The molecule has 218 valence electrons. The molecule has 1 aliphatic heterocycles. The number of hydrogen-bond acceptors (Lipinski definition) is 6. The van der Waals surface area contributed by atoms with E-state index in [1.807, 2.05) is 87.5 Å². The molecule has 0 unspecified atom stereocenters. The first-order valence-electron chi connectivity index (χ1n) is 14.1. The molecule has 1 N–H and O–H groups in total. The van der Waals surface area contributed by atoms with E-state index in [2.05, 4.69) is 50.4 Å². The summed E-state index contributed by atoms with van der Waals surface area (Å²) in [6.45, 7) is 12.7. The lowest BCUT2D eigenvalue weighted by atomic mass is 10.1. The fourth-order valence-electron chi connectivity index (χ4n) is 5.45. The van der Waals surface area contributed by atoms with Gasteiger partial charge in [-0.2, -0.15) is 0 Å². The fourth-order valence-corrected chi connectivity index (χ4v) is 10.0. The summed E-state index contributed by atoms with van der Waals surface area (Å²) >= 11 is 0. The molecule has 41 heavy (non-hydrogen) atoms. The summed E-state index contributed by atoms with van der Waals surface area (Å²) in [5.41, 5.74) is 0.315. The van der Waals surface area contributed by atoms with Gasteiger partial charge >= 0.3 is 12.1 Å². The maximum Gasteiger partial charge on any atom is 0.408 e. The van der Waals surface area contributed by atoms with Crippen molar-refractivity contribution in [3.05, 3.63) is 96.6 Å². The van der Waals surface area contributed by atoms with E-state index in [0.29, 0.717) is 6.54 Å². The molecule has 0 spiro atoms. The average molecular weight is 575 g/mol. The molecule has 1 amide bonds. The van der Waals surface area contributed by atoms with Gasteiger partial charge in [-0.05, 0) is 41.7 Å². The molecule has 8 heteroatoms. The number of hydroxylamine groups is 2. The van der Waals surface area contributed by atoms with Crippen LogP contribution in [0.3, 0.4) is 0 Å². The van der Waals surface area contributed by atoms with E-state index in [4.69, 9.17) is 14.0 Å². The Balaban J connectivity index is 1.72. The SMILES string of the molecule is CC(C)(C)OC(=O)N[C@@H](CO[Si](c1ccccc1)(c1ccccc1)C(C)(C)C)[C@H]1CC(=O)ON1Cc1ccccc1. The number of benzene rings is 3. The van der Waals surface area contributed by atoms with E-state index >= 15 is 0 Å². The number of ether oxygens (including phenoxy) is 1. The van der Waals surface area contributed by atoms with Crippen LogP contribution < -0.4 is 15.7 Å². The van der Waals surface area contributed by atoms with Crippen LogP contribution in [0.1, 0.15) is 53.5 Å². The van der Waals surface area contributed by atoms with Crippen LogP contribution in [0.25, 0.3) is 0 Å². The number of carbonyl (C=O) groups is 2. The number of alkyl carbamates (subject to hydrolysis) is 1. The maximum absolute atomic E-state index is 13.1. The Bertz CT molecular complexity index is 1250. The van der Waals surface area contributed by atoms with Crippen molar-refractivity contribution in [3.8, 4) is 0 Å². The van der Waals surface area contributed by atoms with Gasteiger partial charge in [-0.25, -0.2) is 4.79 Å². The van der Waals surface area contributed by atoms with Gasteiger partial charge in [0, 0.05) is 0 Å². The Labute approximate surface area is 244 Å². The predicted octanol–water partition coefficient (Wildman–Crippen LogP) is 5.19. The lowest BCUT2D eigenvalue weighted by Crippen LogP contribution is -2.68. The highest BCUT2D eigenvalue weighted by Crippen LogP contribution is 2.37. The number of rotatable bonds is 9. The third-order valence-electron chi connectivity index (χ3n) is 7.21. The van der Waals surface area contributed by atoms with Crippen LogP contribution in [0.15, 0.2) is 91.0 Å². The molecule has 0 radical (unpaired) electrons. The van der Waals surface area contributed by atoms with E-state index in [0.717, 1.165) is 15.9 Å². The van der Waals surface area contributed by atoms with Crippen LogP contribution in [0.5, 0.6) is 0 Å². The topological polar surface area (TPSA) is 77.1 Å². The summed E-state index contributed by atoms with van der Waals surface area (Å²) in [5.74, 6) is -0.340. The van der Waals surface area contributed by atoms with Gasteiger partial charge in [0.15, 0.2) is 0 Å². The molecule has 4 rings (SSSR count). The summed E-state index contributed by atoms with van der Waals surface area (Å²) in [6, 6.07) is 29.5. The van der Waals surface area contributed by atoms with Gasteiger partial charge in [0.1, 0.15) is 5.60 Å². The summed E-state index contributed by atoms with van der Waals surface area (Å²) in [4.78, 5) is 31.4. The van der Waals surface area contributed by atoms with Crippen molar-refractivity contribution in [3.63, 3.8) is 0 Å². The predicted molar refractivity (Wildman–Crippen MR) is 163 cm³/mol. The summed E-state index contributed by atoms with van der Waals surface area (Å²) < 4.78 is 12.8. The number of hydrogen-bond donors (Lipinski definition) is 1. The molecule has 1 fully saturated rings. The Morgan fingerprint density at radius 2 is 1.41 bits per heavy atom. The van der Waals surface area contributed by atoms with Gasteiger partial charge in [0.05, 0.1) is 31.7 Å². The highest BCUT2D eigenvalue weighted by Gasteiger charge is 2.51. The number of amides is 1. The first-order chi connectivity index (χ1) is 19.4. The zero-order valence-corrected chi connectivity index (χ0v) is 25.9. The molecule has 7 nitrogen and oxygen atoms in total. The maximum atomic E-state index is 13.1. The minimum Gasteiger partial charge on any atom is -0.444 e. The smallest absolute Gasteiger partial charge is 0.408 e. The van der Waals surface area contributed by atoms with Gasteiger partial charge in [-0.15, -0.1) is 5.06 Å². The molecule has 0 aliphatic carbocycles. The van der Waals surface area contributed by atoms with Gasteiger partial charge in [-0.3, -0.25) is 4.79 Å². The van der Waals surface area contributed by atoms with Crippen LogP contribution in [0, 0.1) is 0 Å². The second-order valence-electron chi connectivity index (χ2n) is 12.5. The number of nitrogens with zero attached hydrogens (tertiary/aromatic N) is 1. The van der Waals surface area contributed by atoms with Gasteiger partial charge in [0.25, 0.3) is 8.32 Å². The second kappa shape index (κ2) is 12.6. The Morgan fingerprint density at radius 3 is 1.90 bits per heavy atom. The third kappa shape index (κ3) is 7.44. The molecule has 1 saturated heterocycles. The van der Waals surface area contributed by atoms with Crippen LogP contribution >= 0.6 is 0 Å². The molecular formula is C33H42N2O5Si. The Morgan fingerprint density at radius 1 is 0.902 bits per heavy atom. The molecule has 0 aromatic heterocycles. The zero-order valence-electron chi connectivity index (χ0n) is 24.9. The molecule has 0 saturated carbocycles. The third-order valence-corrected chi connectivity index (χ3v) is 12.2. The van der Waals surface area contributed by atoms with Gasteiger partial charge < -0.3 is 19.3 Å². The van der Waals surface area contributed by atoms with Crippen molar-refractivity contribution in [1.82, 2.24) is 10.4 Å². The van der Waals surface area contributed by atoms with Crippen molar-refractivity contribution < 1.29 is 23.6 Å². The quantitative estimate of drug-likeness (QED) is 0.355. The minimum absolute atomic E-state index is 0.122. The summed E-state index contributed by atoms with van der Waals surface area (Å²) in [7, 11) is -2.91. The lowest BCUT2D eigenvalue weighted by Gasteiger charge is -2.44. The van der Waals surface area contributed by atoms with E-state index < -0.39 is 32.1 Å². The standard InChI is InChI=1S/C33H42N2O5Si/c1-32(2,3)39-31(37)34-28(29-22-30(36)40-35(29)23-25-16-10-7-11-17-25)24-38-41(33(4,5)6,26-18-12-8-13-19-26)27-20-14-9-15-21-27/h7-21,28-29H,22-24H2,1-6H3,(H,34,37)/t28-,29+/m0/s1. The van der Waals surface area contributed by atoms with Crippen LogP contribution in [0.4, 0.5) is 4.79 Å². The highest BCUT2D eigenvalue weighted by molar-refractivity contribution is 6.99. The van der Waals surface area contributed by atoms with Gasteiger partial charge in [0.2, 0.25) is 0 Å². The van der Waals surface area contributed by atoms with Crippen molar-refractivity contribution >= 4 is 30.8 Å². The highest BCUT2D eigenvalue weighted by atomic mass is 28.4. The zero-order chi connectivity index (χ0) is 29.7. The lowest BCUT2D eigenvalue weighted by molar-refractivity contribution is -0.179. The van der Waals surface area contributed by atoms with Crippen LogP contribution in [-0.2, 0) is 25.3 Å². The van der Waals surface area contributed by atoms with Crippen LogP contribution in [0.2, 0.25) is 5.04 Å². The first-order valence-corrected chi connectivity index (χ1v) is 16.1. The summed E-state index contributed by atoms with van der Waals surface area (Å²) in [6.07, 6.45) is -0.440. The molecule has 1 aliphatic rings. The van der Waals surface area contributed by atoms with E-state index in [9.17, 15) is 9.59 Å². The largest absolute Gasteiger partial charge is 0.444 e. The van der Waals surface area contributed by atoms with Crippen molar-refractivity contribution in [1.29, 1.82) is 0 Å². The molecule has 1 heterocycles. The normalized spacial score (nSPS) is 17.1. The molecule has 0 bridgehead atoms. The summed E-state index contributed by atoms with van der Waals surface area (Å²) in [5, 5.41) is 6.72. The molecule has 3 aromatic carbocycles. The van der Waals surface area contributed by atoms with E-state index in [1.165, 1.54) is 0 Å². The van der Waals surface area contributed by atoms with Crippen molar-refractivity contribution in [2.75, 3.05) is 6.61 Å². The van der Waals surface area contributed by atoms with Crippen LogP contribution in [-0.4, -0.2) is 49.7 Å². The first kappa shape index (κ1) is 30.5. The number of carbonyl (C=O) groups excluding carboxylic acids is 2. The Kier molecular flexibility index (Phi) is 9.36. The molecule has 3 aromatic rings. The number of nitrogens with one attached hydrogen (secondary N) is 1. The van der Waals surface area contributed by atoms with Crippen molar-refractivity contribution in [2.24, 2.45) is 0 Å². The van der Waals surface area contributed by atoms with E-state index in [1.54, 1.807) is 5.06 Å². The molecule has 2 atom stereocenters.